The third-order valence-corrected chi connectivity index (χ3v) is 4.81. The minimum Gasteiger partial charge on any atom is -0.423 e. The van der Waals surface area contributed by atoms with Gasteiger partial charge in [-0.15, -0.1) is 0 Å². The number of carbonyl (C=O) groups is 1. The molecule has 0 saturated carbocycles. The molecule has 0 aliphatic heterocycles. The van der Waals surface area contributed by atoms with E-state index in [1.807, 2.05) is 50.2 Å². The van der Waals surface area contributed by atoms with Crippen molar-refractivity contribution in [2.24, 2.45) is 0 Å². The number of hydrogen-bond donors (Lipinski definition) is 0. The van der Waals surface area contributed by atoms with Crippen LogP contribution in [0, 0.1) is 24.0 Å². The lowest BCUT2D eigenvalue weighted by Gasteiger charge is -2.10. The zero-order valence-electron chi connectivity index (χ0n) is 14.7. The molecule has 5 nitrogen and oxygen atoms in total. The number of ether oxygens (including phenoxy) is 1. The van der Waals surface area contributed by atoms with Gasteiger partial charge in [0, 0.05) is 6.07 Å². The van der Waals surface area contributed by atoms with E-state index in [2.05, 4.69) is 15.9 Å². The van der Waals surface area contributed by atoms with E-state index in [1.165, 1.54) is 23.8 Å². The molecule has 136 valence electrons. The summed E-state index contributed by atoms with van der Waals surface area (Å²) in [6.45, 7) is 3.88. The van der Waals surface area contributed by atoms with E-state index in [4.69, 9.17) is 4.74 Å². The molecule has 6 heteroatoms. The molecular formula is C21H16BrNO4. The molecule has 0 aliphatic carbocycles. The van der Waals surface area contributed by atoms with Crippen LogP contribution in [0.2, 0.25) is 0 Å². The summed E-state index contributed by atoms with van der Waals surface area (Å²) in [6, 6.07) is 17.9. The normalized spacial score (nSPS) is 10.5. The van der Waals surface area contributed by atoms with Gasteiger partial charge < -0.3 is 4.74 Å². The number of esters is 1. The minimum absolute atomic E-state index is 0.118. The number of rotatable bonds is 4. The summed E-state index contributed by atoms with van der Waals surface area (Å²) in [6.07, 6.45) is 0. The van der Waals surface area contributed by atoms with Gasteiger partial charge in [0.05, 0.1) is 15.0 Å². The number of halogens is 1. The zero-order chi connectivity index (χ0) is 19.6. The fourth-order valence-corrected chi connectivity index (χ4v) is 3.02. The molecule has 0 fully saturated rings. The smallest absolute Gasteiger partial charge is 0.343 e. The molecule has 0 heterocycles. The van der Waals surface area contributed by atoms with Gasteiger partial charge in [0.1, 0.15) is 5.75 Å². The molecule has 0 spiro atoms. The molecule has 0 aliphatic rings. The summed E-state index contributed by atoms with van der Waals surface area (Å²) in [7, 11) is 0. The average Bonchev–Trinajstić information content (AvgIpc) is 2.64. The maximum absolute atomic E-state index is 12.4. The summed E-state index contributed by atoms with van der Waals surface area (Å²) in [5.74, 6) is -0.224. The Morgan fingerprint density at radius 1 is 0.963 bits per heavy atom. The molecule has 0 amide bonds. The fraction of sp³-hybridized carbons (Fsp3) is 0.0952. The van der Waals surface area contributed by atoms with Crippen LogP contribution in [-0.2, 0) is 0 Å². The second-order valence-corrected chi connectivity index (χ2v) is 7.01. The van der Waals surface area contributed by atoms with Crippen LogP contribution >= 0.6 is 15.9 Å². The van der Waals surface area contributed by atoms with Crippen molar-refractivity contribution in [1.29, 1.82) is 0 Å². The Kier molecular flexibility index (Phi) is 5.37. The quantitative estimate of drug-likeness (QED) is 0.227. The van der Waals surface area contributed by atoms with E-state index >= 15 is 0 Å². The maximum atomic E-state index is 12.4. The fourth-order valence-electron chi connectivity index (χ4n) is 2.63. The molecule has 3 aromatic carbocycles. The minimum atomic E-state index is -0.642. The lowest BCUT2D eigenvalue weighted by Crippen LogP contribution is -2.10. The molecule has 3 aromatic rings. The van der Waals surface area contributed by atoms with E-state index in [0.29, 0.717) is 10.2 Å². The highest BCUT2D eigenvalue weighted by atomic mass is 79.9. The highest BCUT2D eigenvalue weighted by molar-refractivity contribution is 9.10. The topological polar surface area (TPSA) is 69.4 Å². The largest absolute Gasteiger partial charge is 0.423 e. The molecule has 0 atom stereocenters. The number of aryl methyl sites for hydroxylation is 2. The van der Waals surface area contributed by atoms with E-state index in [9.17, 15) is 14.9 Å². The Hall–Kier alpha value is -2.99. The molecule has 0 radical (unpaired) electrons. The van der Waals surface area contributed by atoms with Crippen molar-refractivity contribution in [3.8, 4) is 16.9 Å². The molecular weight excluding hydrogens is 410 g/mol. The molecule has 3 rings (SSSR count). The lowest BCUT2D eigenvalue weighted by atomic mass is 10.0. The first-order valence-corrected chi connectivity index (χ1v) is 8.98. The van der Waals surface area contributed by atoms with Crippen molar-refractivity contribution in [2.45, 2.75) is 13.8 Å². The van der Waals surface area contributed by atoms with Gasteiger partial charge in [-0.2, -0.15) is 0 Å². The van der Waals surface area contributed by atoms with Crippen molar-refractivity contribution in [2.75, 3.05) is 0 Å². The highest BCUT2D eigenvalue weighted by Crippen LogP contribution is 2.29. The van der Waals surface area contributed by atoms with Crippen LogP contribution in [0.3, 0.4) is 0 Å². The SMILES string of the molecule is Cc1ccc(-c2ccc(OC(=O)c3ccc(Br)c([N+](=O)[O-])c3)c(C)c2)cc1. The van der Waals surface area contributed by atoms with Gasteiger partial charge in [0.15, 0.2) is 0 Å². The summed E-state index contributed by atoms with van der Waals surface area (Å²) >= 11 is 3.10. The Bertz CT molecular complexity index is 1030. The predicted octanol–water partition coefficient (Wildman–Crippen LogP) is 5.86. The van der Waals surface area contributed by atoms with Crippen LogP contribution in [0.15, 0.2) is 65.1 Å². The van der Waals surface area contributed by atoms with Gasteiger partial charge in [0.2, 0.25) is 0 Å². The average molecular weight is 426 g/mol. The van der Waals surface area contributed by atoms with Gasteiger partial charge in [-0.05, 0) is 70.7 Å². The molecule has 27 heavy (non-hydrogen) atoms. The Balaban J connectivity index is 1.83. The molecule has 0 unspecified atom stereocenters. The zero-order valence-corrected chi connectivity index (χ0v) is 16.3. The lowest BCUT2D eigenvalue weighted by molar-refractivity contribution is -0.385. The Labute approximate surface area is 164 Å². The second kappa shape index (κ2) is 7.72. The number of nitro groups is 1. The van der Waals surface area contributed by atoms with Crippen LogP contribution < -0.4 is 4.74 Å². The van der Waals surface area contributed by atoms with Crippen LogP contribution in [0.1, 0.15) is 21.5 Å². The molecule has 0 N–H and O–H groups in total. The Morgan fingerprint density at radius 2 is 1.63 bits per heavy atom. The number of carbonyl (C=O) groups excluding carboxylic acids is 1. The van der Waals surface area contributed by atoms with Gasteiger partial charge >= 0.3 is 5.97 Å². The van der Waals surface area contributed by atoms with Crippen LogP contribution in [0.5, 0.6) is 5.75 Å². The van der Waals surface area contributed by atoms with Crippen LogP contribution in [-0.4, -0.2) is 10.9 Å². The van der Waals surface area contributed by atoms with Gasteiger partial charge in [-0.3, -0.25) is 10.1 Å². The van der Waals surface area contributed by atoms with Crippen molar-refractivity contribution in [3.63, 3.8) is 0 Å². The Morgan fingerprint density at radius 3 is 2.26 bits per heavy atom. The summed E-state index contributed by atoms with van der Waals surface area (Å²) in [4.78, 5) is 22.9. The molecule has 0 bridgehead atoms. The molecule has 0 aromatic heterocycles. The number of benzene rings is 3. The third kappa shape index (κ3) is 4.23. The van der Waals surface area contributed by atoms with Gasteiger partial charge in [-0.25, -0.2) is 4.79 Å². The van der Waals surface area contributed by atoms with Gasteiger partial charge in [-0.1, -0.05) is 35.9 Å². The summed E-state index contributed by atoms with van der Waals surface area (Å²) in [5, 5.41) is 11.0. The first kappa shape index (κ1) is 18.8. The van der Waals surface area contributed by atoms with Crippen LogP contribution in [0.4, 0.5) is 5.69 Å². The monoisotopic (exact) mass is 425 g/mol. The van der Waals surface area contributed by atoms with Crippen molar-refractivity contribution in [1.82, 2.24) is 0 Å². The standard InChI is InChI=1S/C21H16BrNO4/c1-13-3-5-15(6-4-13)16-8-10-20(14(2)11-16)27-21(24)17-7-9-18(22)19(12-17)23(25)26/h3-12H,1-2H3. The van der Waals surface area contributed by atoms with Crippen molar-refractivity contribution >= 4 is 27.6 Å². The van der Waals surface area contributed by atoms with E-state index in [-0.39, 0.29) is 11.3 Å². The third-order valence-electron chi connectivity index (χ3n) is 4.14. The first-order chi connectivity index (χ1) is 12.8. The first-order valence-electron chi connectivity index (χ1n) is 8.19. The highest BCUT2D eigenvalue weighted by Gasteiger charge is 2.18. The van der Waals surface area contributed by atoms with E-state index < -0.39 is 10.9 Å². The van der Waals surface area contributed by atoms with Crippen molar-refractivity contribution < 1.29 is 14.5 Å². The summed E-state index contributed by atoms with van der Waals surface area (Å²) < 4.78 is 5.75. The van der Waals surface area contributed by atoms with Gasteiger partial charge in [0.25, 0.3) is 5.69 Å². The molecule has 0 saturated heterocycles. The van der Waals surface area contributed by atoms with E-state index in [1.54, 1.807) is 6.07 Å². The van der Waals surface area contributed by atoms with Crippen LogP contribution in [0.25, 0.3) is 11.1 Å². The second-order valence-electron chi connectivity index (χ2n) is 6.16. The maximum Gasteiger partial charge on any atom is 0.343 e. The number of hydrogen-bond acceptors (Lipinski definition) is 4. The predicted molar refractivity (Wildman–Crippen MR) is 107 cm³/mol. The number of nitrogens with zero attached hydrogens (tertiary/aromatic N) is 1. The van der Waals surface area contributed by atoms with Crippen molar-refractivity contribution in [3.05, 3.63) is 91.9 Å². The number of nitro benzene ring substituents is 1. The summed E-state index contributed by atoms with van der Waals surface area (Å²) in [5.41, 5.74) is 4.01. The van der Waals surface area contributed by atoms with E-state index in [0.717, 1.165) is 16.7 Å².